The summed E-state index contributed by atoms with van der Waals surface area (Å²) in [4.78, 5) is 5.51. The maximum Gasteiger partial charge on any atom is 0.133 e. The highest BCUT2D eigenvalue weighted by molar-refractivity contribution is 5.89. The largest absolute Gasteiger partial charge is 0.372 e. The number of allylic oxidation sites excluding steroid dienone is 2. The van der Waals surface area contributed by atoms with Gasteiger partial charge in [-0.15, -0.1) is 0 Å². The van der Waals surface area contributed by atoms with Crippen LogP contribution < -0.4 is 4.90 Å². The number of anilines is 1. The molecule has 2 aromatic carbocycles. The molecule has 0 heterocycles. The summed E-state index contributed by atoms with van der Waals surface area (Å²) in [6, 6.07) is 15.5. The highest BCUT2D eigenvalue weighted by Crippen LogP contribution is 2.26. The van der Waals surface area contributed by atoms with Crippen molar-refractivity contribution in [1.82, 2.24) is 0 Å². The number of halogens is 1. The van der Waals surface area contributed by atoms with Crippen molar-refractivity contribution < 1.29 is 9.47 Å². The number of nitriles is 2. The summed E-state index contributed by atoms with van der Waals surface area (Å²) in [5, 5.41) is 20.0. The number of fused-ring (bicyclic) bond motifs is 1. The zero-order chi connectivity index (χ0) is 16.8. The number of nitrogens with zero attached hydrogens (tertiary/aromatic N) is 3. The molecule has 0 amide bonds. The first-order chi connectivity index (χ1) is 11.1. The van der Waals surface area contributed by atoms with Gasteiger partial charge < -0.3 is 4.90 Å². The van der Waals surface area contributed by atoms with Crippen LogP contribution in [0.2, 0.25) is 0 Å². The zero-order valence-corrected chi connectivity index (χ0v) is 13.0. The zero-order valence-electron chi connectivity index (χ0n) is 13.0. The first-order valence-corrected chi connectivity index (χ1v) is 7.10. The van der Waals surface area contributed by atoms with Crippen LogP contribution in [0.5, 0.6) is 0 Å². The van der Waals surface area contributed by atoms with Crippen LogP contribution in [-0.2, 0) is 4.94 Å². The van der Waals surface area contributed by atoms with Gasteiger partial charge in [0.05, 0.1) is 0 Å². The van der Waals surface area contributed by atoms with Crippen LogP contribution in [-0.4, -0.2) is 20.2 Å². The van der Waals surface area contributed by atoms with Crippen molar-refractivity contribution >= 4 is 22.0 Å². The van der Waals surface area contributed by atoms with Gasteiger partial charge in [0.1, 0.15) is 24.3 Å². The van der Waals surface area contributed by atoms with Gasteiger partial charge in [-0.2, -0.15) is 15.5 Å². The molecule has 0 fully saturated rings. The second kappa shape index (κ2) is 7.40. The Labute approximate surface area is 134 Å². The van der Waals surface area contributed by atoms with E-state index in [1.165, 1.54) is 0 Å². The summed E-state index contributed by atoms with van der Waals surface area (Å²) >= 11 is 0. The summed E-state index contributed by atoms with van der Waals surface area (Å²) in [6.07, 6.45) is 0. The molecule has 0 radical (unpaired) electrons. The van der Waals surface area contributed by atoms with E-state index in [1.807, 2.05) is 60.5 Å². The Morgan fingerprint density at radius 2 is 1.78 bits per heavy atom. The van der Waals surface area contributed by atoms with Crippen molar-refractivity contribution in [2.75, 3.05) is 25.1 Å². The van der Waals surface area contributed by atoms with E-state index in [4.69, 9.17) is 10.5 Å². The van der Waals surface area contributed by atoms with E-state index in [0.717, 1.165) is 22.0 Å². The molecular formula is C18H16FN3O. The topological polar surface area (TPSA) is 60.0 Å². The van der Waals surface area contributed by atoms with Crippen LogP contribution in [0.3, 0.4) is 0 Å². The molecule has 0 aromatic heterocycles. The molecule has 0 aliphatic heterocycles. The number of hydrogen-bond donors (Lipinski definition) is 0. The SMILES string of the molecule is CC(=C(C#N)C#N)c1ccc2cc(N(C)CCO[18F])ccc2c1. The van der Waals surface area contributed by atoms with Crippen LogP contribution in [0.25, 0.3) is 16.3 Å². The molecule has 116 valence electrons. The maximum absolute atomic E-state index is 11.8. The third-order valence-electron chi connectivity index (χ3n) is 3.80. The van der Waals surface area contributed by atoms with Gasteiger partial charge >= 0.3 is 0 Å². The Hall–Kier alpha value is -2.89. The highest BCUT2D eigenvalue weighted by Gasteiger charge is 2.07. The average Bonchev–Trinajstić information content (AvgIpc) is 2.59. The van der Waals surface area contributed by atoms with Gasteiger partial charge in [-0.1, -0.05) is 18.2 Å². The van der Waals surface area contributed by atoms with Gasteiger partial charge in [-0.25, -0.2) is 0 Å². The molecule has 0 N–H and O–H groups in total. The summed E-state index contributed by atoms with van der Waals surface area (Å²) in [5.41, 5.74) is 2.59. The second-order valence-electron chi connectivity index (χ2n) is 5.20. The van der Waals surface area contributed by atoms with Crippen LogP contribution in [0.1, 0.15) is 12.5 Å². The van der Waals surface area contributed by atoms with Crippen molar-refractivity contribution in [3.05, 3.63) is 47.5 Å². The minimum absolute atomic E-state index is 0.0164. The van der Waals surface area contributed by atoms with Crippen molar-refractivity contribution in [2.24, 2.45) is 0 Å². The van der Waals surface area contributed by atoms with E-state index in [-0.39, 0.29) is 12.2 Å². The number of likely N-dealkylation sites (N-methyl/N-ethyl adjacent to an activating group) is 1. The van der Waals surface area contributed by atoms with Gasteiger partial charge in [0.15, 0.2) is 0 Å². The van der Waals surface area contributed by atoms with Crippen molar-refractivity contribution in [2.45, 2.75) is 6.92 Å². The van der Waals surface area contributed by atoms with Crippen LogP contribution >= 0.6 is 0 Å². The monoisotopic (exact) mass is 308 g/mol. The minimum atomic E-state index is 0.0164. The molecule has 2 rings (SSSR count). The van der Waals surface area contributed by atoms with E-state index >= 15 is 0 Å². The average molecular weight is 308 g/mol. The number of benzene rings is 2. The molecule has 0 bridgehead atoms. The quantitative estimate of drug-likeness (QED) is 0.783. The third-order valence-corrected chi connectivity index (χ3v) is 3.80. The number of hydrogen-bond acceptors (Lipinski definition) is 4. The lowest BCUT2D eigenvalue weighted by Crippen LogP contribution is -2.21. The molecule has 4 nitrogen and oxygen atoms in total. The summed E-state index contributed by atoms with van der Waals surface area (Å²) in [5.74, 6) is 0. The van der Waals surface area contributed by atoms with Gasteiger partial charge in [-0.05, 0) is 51.6 Å². The predicted molar refractivity (Wildman–Crippen MR) is 88.1 cm³/mol. The summed E-state index contributed by atoms with van der Waals surface area (Å²) in [7, 11) is 1.87. The smallest absolute Gasteiger partial charge is 0.133 e. The van der Waals surface area contributed by atoms with Crippen molar-refractivity contribution in [3.63, 3.8) is 0 Å². The molecule has 0 unspecified atom stereocenters. The number of rotatable bonds is 5. The maximum atomic E-state index is 11.8. The van der Waals surface area contributed by atoms with E-state index < -0.39 is 0 Å². The predicted octanol–water partition coefficient (Wildman–Crippen LogP) is 4.00. The van der Waals surface area contributed by atoms with Gasteiger partial charge in [0, 0.05) is 19.3 Å². The normalized spacial score (nSPS) is 9.96. The molecule has 0 saturated heterocycles. The van der Waals surface area contributed by atoms with E-state index in [2.05, 4.69) is 4.94 Å². The second-order valence-corrected chi connectivity index (χ2v) is 5.20. The van der Waals surface area contributed by atoms with E-state index in [9.17, 15) is 4.53 Å². The van der Waals surface area contributed by atoms with Crippen LogP contribution in [0.4, 0.5) is 10.2 Å². The molecule has 0 atom stereocenters. The van der Waals surface area contributed by atoms with Crippen LogP contribution in [0.15, 0.2) is 42.0 Å². The molecule has 0 spiro atoms. The molecule has 0 aliphatic rings. The summed E-state index contributed by atoms with van der Waals surface area (Å²) in [6.45, 7) is 2.24. The van der Waals surface area contributed by atoms with Crippen molar-refractivity contribution in [1.29, 1.82) is 10.5 Å². The first kappa shape index (κ1) is 16.5. The Kier molecular flexibility index (Phi) is 5.30. The fourth-order valence-electron chi connectivity index (χ4n) is 2.34. The Balaban J connectivity index is 2.39. The highest BCUT2D eigenvalue weighted by atomic mass is 18.4. The fraction of sp³-hybridized carbons (Fsp3) is 0.222. The van der Waals surface area contributed by atoms with Crippen LogP contribution in [0, 0.1) is 22.7 Å². The Morgan fingerprint density at radius 3 is 2.43 bits per heavy atom. The Morgan fingerprint density at radius 1 is 1.13 bits per heavy atom. The van der Waals surface area contributed by atoms with Gasteiger partial charge in [0.25, 0.3) is 0 Å². The van der Waals surface area contributed by atoms with E-state index in [0.29, 0.717) is 12.1 Å². The molecule has 23 heavy (non-hydrogen) atoms. The van der Waals surface area contributed by atoms with E-state index in [1.54, 1.807) is 6.92 Å². The lowest BCUT2D eigenvalue weighted by atomic mass is 9.99. The van der Waals surface area contributed by atoms with Crippen molar-refractivity contribution in [3.8, 4) is 12.1 Å². The lowest BCUT2D eigenvalue weighted by molar-refractivity contribution is -0.128. The fourth-order valence-corrected chi connectivity index (χ4v) is 2.34. The van der Waals surface area contributed by atoms with Gasteiger partial charge in [-0.3, -0.25) is 0 Å². The van der Waals surface area contributed by atoms with Gasteiger partial charge in [0.2, 0.25) is 0 Å². The molecular weight excluding hydrogens is 292 g/mol. The summed E-state index contributed by atoms with van der Waals surface area (Å²) < 4.78 is 11.8. The Bertz CT molecular complexity index is 814. The molecule has 5 heteroatoms. The molecule has 0 saturated carbocycles. The molecule has 2 aromatic rings. The molecule has 0 aliphatic carbocycles. The minimum Gasteiger partial charge on any atom is -0.372 e. The first-order valence-electron chi connectivity index (χ1n) is 7.10. The lowest BCUT2D eigenvalue weighted by Gasteiger charge is -2.18. The standard InChI is InChI=1S/C18H16FN3O/c1-13(17(11-20)12-21)14-3-4-16-10-18(6-5-15(16)9-14)22(2)7-8-23-19/h3-6,9-10H,7-8H2,1-2H3/i19-1. The third kappa shape index (κ3) is 3.66.